The van der Waals surface area contributed by atoms with Gasteiger partial charge in [0.25, 0.3) is 0 Å². The Hall–Kier alpha value is -3.24. The van der Waals surface area contributed by atoms with Gasteiger partial charge in [-0.1, -0.05) is 78.9 Å². The van der Waals surface area contributed by atoms with Gasteiger partial charge in [0.2, 0.25) is 5.91 Å². The summed E-state index contributed by atoms with van der Waals surface area (Å²) in [5.74, 6) is 0.456. The van der Waals surface area contributed by atoms with Gasteiger partial charge >= 0.3 is 0 Å². The number of nitrogens with zero attached hydrogens (tertiary/aromatic N) is 2. The molecule has 4 aromatic rings. The lowest BCUT2D eigenvalue weighted by Gasteiger charge is -2.51. The number of thiazole rings is 1. The molecule has 0 saturated heterocycles. The van der Waals surface area contributed by atoms with Crippen molar-refractivity contribution in [2.45, 2.75) is 31.7 Å². The van der Waals surface area contributed by atoms with Gasteiger partial charge in [-0.2, -0.15) is 0 Å². The van der Waals surface area contributed by atoms with Crippen molar-refractivity contribution in [1.82, 2.24) is 4.98 Å². The predicted octanol–water partition coefficient (Wildman–Crippen LogP) is 6.36. The van der Waals surface area contributed by atoms with Crippen LogP contribution in [0.2, 0.25) is 0 Å². The van der Waals surface area contributed by atoms with Gasteiger partial charge < -0.3 is 0 Å². The van der Waals surface area contributed by atoms with Gasteiger partial charge in [0.05, 0.1) is 12.0 Å². The van der Waals surface area contributed by atoms with E-state index in [-0.39, 0.29) is 17.7 Å². The highest BCUT2D eigenvalue weighted by Crippen LogP contribution is 2.61. The van der Waals surface area contributed by atoms with Gasteiger partial charge in [-0.3, -0.25) is 9.69 Å². The van der Waals surface area contributed by atoms with E-state index in [0.717, 1.165) is 17.1 Å². The molecular weight excluding hydrogens is 412 g/mol. The number of carbonyl (C=O) groups excluding carboxylic acids is 1. The molecule has 1 amide bonds. The zero-order chi connectivity index (χ0) is 21.7. The highest BCUT2D eigenvalue weighted by Gasteiger charge is 2.55. The number of hydrogen-bond donors (Lipinski definition) is 0. The smallest absolute Gasteiger partial charge is 0.236 e. The van der Waals surface area contributed by atoms with Crippen LogP contribution >= 0.6 is 11.3 Å². The van der Waals surface area contributed by atoms with E-state index >= 15 is 0 Å². The molecule has 0 N–H and O–H groups in total. The number of rotatable bonds is 4. The summed E-state index contributed by atoms with van der Waals surface area (Å²) in [7, 11) is 0. The normalized spacial score (nSPS) is 22.8. The van der Waals surface area contributed by atoms with E-state index in [1.165, 1.54) is 33.6 Å². The molecule has 3 aliphatic carbocycles. The number of carbonyl (C=O) groups is 1. The monoisotopic (exact) mass is 436 g/mol. The Kier molecular flexibility index (Phi) is 4.51. The summed E-state index contributed by atoms with van der Waals surface area (Å²) < 4.78 is 0. The minimum absolute atomic E-state index is 0.0469. The Morgan fingerprint density at radius 3 is 2.12 bits per heavy atom. The number of hydrogen-bond acceptors (Lipinski definition) is 3. The first-order valence-electron chi connectivity index (χ1n) is 11.1. The van der Waals surface area contributed by atoms with Crippen LogP contribution in [-0.2, 0) is 11.3 Å². The molecule has 0 radical (unpaired) electrons. The number of anilines is 1. The maximum atomic E-state index is 14.4. The van der Waals surface area contributed by atoms with Crippen LogP contribution in [0, 0.1) is 5.41 Å². The Balaban J connectivity index is 1.47. The van der Waals surface area contributed by atoms with Crippen molar-refractivity contribution in [2.75, 3.05) is 4.90 Å². The van der Waals surface area contributed by atoms with Crippen molar-refractivity contribution in [3.05, 3.63) is 118 Å². The molecule has 0 aliphatic heterocycles. The Bertz CT molecular complexity index is 1240. The van der Waals surface area contributed by atoms with Crippen LogP contribution in [0.1, 0.15) is 53.0 Å². The quantitative estimate of drug-likeness (QED) is 0.373. The van der Waals surface area contributed by atoms with E-state index in [4.69, 9.17) is 0 Å². The second-order valence-electron chi connectivity index (χ2n) is 9.06. The molecular formula is C28H24N2OS. The molecule has 1 heterocycles. The third-order valence-corrected chi connectivity index (χ3v) is 7.99. The third-order valence-electron chi connectivity index (χ3n) is 7.20. The Morgan fingerprint density at radius 2 is 1.53 bits per heavy atom. The molecule has 2 bridgehead atoms. The van der Waals surface area contributed by atoms with Crippen LogP contribution in [0.25, 0.3) is 0 Å². The van der Waals surface area contributed by atoms with Crippen LogP contribution in [0.4, 0.5) is 5.13 Å². The minimum atomic E-state index is -0.534. The maximum Gasteiger partial charge on any atom is 0.236 e. The molecule has 0 fully saturated rings. The van der Waals surface area contributed by atoms with E-state index in [9.17, 15) is 4.79 Å². The zero-order valence-electron chi connectivity index (χ0n) is 17.9. The second-order valence-corrected chi connectivity index (χ2v) is 9.93. The van der Waals surface area contributed by atoms with Crippen LogP contribution < -0.4 is 4.90 Å². The molecule has 3 nitrogen and oxygen atoms in total. The van der Waals surface area contributed by atoms with Crippen LogP contribution in [0.3, 0.4) is 0 Å². The third kappa shape index (κ3) is 2.86. The number of fused-ring (bicyclic) bond motifs is 1. The summed E-state index contributed by atoms with van der Waals surface area (Å²) in [4.78, 5) is 20.9. The predicted molar refractivity (Wildman–Crippen MR) is 129 cm³/mol. The highest BCUT2D eigenvalue weighted by molar-refractivity contribution is 7.13. The zero-order valence-corrected chi connectivity index (χ0v) is 18.8. The molecule has 1 atom stereocenters. The molecule has 0 spiro atoms. The van der Waals surface area contributed by atoms with Gasteiger partial charge in [0.1, 0.15) is 0 Å². The Morgan fingerprint density at radius 1 is 0.938 bits per heavy atom. The summed E-state index contributed by atoms with van der Waals surface area (Å²) in [6.07, 6.45) is 2.60. The largest absolute Gasteiger partial charge is 0.283 e. The molecule has 158 valence electrons. The molecule has 3 aromatic carbocycles. The van der Waals surface area contributed by atoms with Crippen molar-refractivity contribution in [1.29, 1.82) is 0 Å². The van der Waals surface area contributed by atoms with E-state index < -0.39 is 5.41 Å². The first-order chi connectivity index (χ1) is 15.7. The van der Waals surface area contributed by atoms with Gasteiger partial charge in [-0.25, -0.2) is 4.98 Å². The van der Waals surface area contributed by atoms with Crippen LogP contribution in [0.15, 0.2) is 90.4 Å². The lowest BCUT2D eigenvalue weighted by Crippen LogP contribution is -2.51. The summed E-state index contributed by atoms with van der Waals surface area (Å²) in [5, 5.41) is 2.71. The van der Waals surface area contributed by atoms with Crippen molar-refractivity contribution < 1.29 is 4.79 Å². The first kappa shape index (κ1) is 19.4. The van der Waals surface area contributed by atoms with Crippen molar-refractivity contribution >= 4 is 22.4 Å². The number of benzene rings is 3. The molecule has 3 aliphatic rings. The van der Waals surface area contributed by atoms with Crippen LogP contribution in [-0.4, -0.2) is 10.9 Å². The van der Waals surface area contributed by atoms with E-state index in [2.05, 4.69) is 72.6 Å². The van der Waals surface area contributed by atoms with Crippen LogP contribution in [0.5, 0.6) is 0 Å². The topological polar surface area (TPSA) is 33.2 Å². The molecule has 4 heteroatoms. The van der Waals surface area contributed by atoms with Crippen molar-refractivity contribution in [2.24, 2.45) is 5.41 Å². The van der Waals surface area contributed by atoms with Crippen molar-refractivity contribution in [3.8, 4) is 0 Å². The molecule has 32 heavy (non-hydrogen) atoms. The average molecular weight is 437 g/mol. The standard InChI is InChI=1S/C28H24N2OS/c1-28(26(31)30(27-29-15-16-32-27)18-19-9-3-2-4-10-19)17-24-20-11-5-7-13-22(20)25(28)23-14-8-6-12-21(23)24/h2-16,24-25H,17-18H2,1H3. The fourth-order valence-electron chi connectivity index (χ4n) is 5.83. The molecule has 1 aromatic heterocycles. The summed E-state index contributed by atoms with van der Waals surface area (Å²) in [6.45, 7) is 2.70. The van der Waals surface area contributed by atoms with E-state index in [0.29, 0.717) is 6.54 Å². The SMILES string of the molecule is CC1(C(=O)N(Cc2ccccc2)c2nccs2)CC2c3ccccc3C1c1ccccc12. The number of amides is 1. The van der Waals surface area contributed by atoms with Gasteiger partial charge in [0, 0.05) is 23.4 Å². The summed E-state index contributed by atoms with van der Waals surface area (Å²) in [6, 6.07) is 27.6. The number of aromatic nitrogens is 1. The van der Waals surface area contributed by atoms with E-state index in [1.807, 2.05) is 28.5 Å². The second kappa shape index (κ2) is 7.42. The lowest BCUT2D eigenvalue weighted by molar-refractivity contribution is -0.129. The van der Waals surface area contributed by atoms with Gasteiger partial charge in [0.15, 0.2) is 5.13 Å². The fraction of sp³-hybridized carbons (Fsp3) is 0.214. The first-order valence-corrected chi connectivity index (χ1v) is 12.0. The van der Waals surface area contributed by atoms with Gasteiger partial charge in [-0.15, -0.1) is 11.3 Å². The molecule has 1 unspecified atom stereocenters. The Labute approximate surface area is 192 Å². The maximum absolute atomic E-state index is 14.4. The summed E-state index contributed by atoms with van der Waals surface area (Å²) in [5.41, 5.74) is 5.94. The summed E-state index contributed by atoms with van der Waals surface area (Å²) >= 11 is 1.53. The van der Waals surface area contributed by atoms with Gasteiger partial charge in [-0.05, 0) is 41.2 Å². The average Bonchev–Trinajstić information content (AvgIpc) is 3.38. The van der Waals surface area contributed by atoms with Crippen molar-refractivity contribution in [3.63, 3.8) is 0 Å². The lowest BCUT2D eigenvalue weighted by atomic mass is 9.52. The fourth-order valence-corrected chi connectivity index (χ4v) is 6.47. The molecule has 7 rings (SSSR count). The minimum Gasteiger partial charge on any atom is -0.283 e. The molecule has 0 saturated carbocycles. The van der Waals surface area contributed by atoms with E-state index in [1.54, 1.807) is 6.20 Å². The highest BCUT2D eigenvalue weighted by atomic mass is 32.1.